The molecule has 0 aliphatic carbocycles. The molecular formula is C37H47N5O8. The van der Waals surface area contributed by atoms with Gasteiger partial charge < -0.3 is 35.1 Å². The molecule has 0 radical (unpaired) electrons. The van der Waals surface area contributed by atoms with E-state index in [9.17, 15) is 24.0 Å². The minimum absolute atomic E-state index is 0.0158. The van der Waals surface area contributed by atoms with Crippen LogP contribution in [0.5, 0.6) is 5.75 Å². The number of rotatable bonds is 13. The first-order valence-electron chi connectivity index (χ1n) is 16.6. The number of nitrogens with zero attached hydrogens (tertiary/aromatic N) is 2. The fourth-order valence-electron chi connectivity index (χ4n) is 5.78. The van der Waals surface area contributed by atoms with Crippen LogP contribution in [0.2, 0.25) is 0 Å². The maximum atomic E-state index is 14.6. The molecule has 0 bridgehead atoms. The Morgan fingerprint density at radius 3 is 2.38 bits per heavy atom. The van der Waals surface area contributed by atoms with E-state index in [1.807, 2.05) is 6.07 Å². The van der Waals surface area contributed by atoms with Crippen molar-refractivity contribution in [3.63, 3.8) is 0 Å². The van der Waals surface area contributed by atoms with Crippen molar-refractivity contribution in [2.45, 2.75) is 71.2 Å². The van der Waals surface area contributed by atoms with Crippen LogP contribution in [-0.2, 0) is 35.2 Å². The number of nitrogens with one attached hydrogen (secondary N) is 2. The number of para-hydroxylation sites is 2. The first kappa shape index (κ1) is 37.8. The maximum absolute atomic E-state index is 14.6. The van der Waals surface area contributed by atoms with Gasteiger partial charge in [0.05, 0.1) is 56.8 Å². The molecule has 0 saturated carbocycles. The summed E-state index contributed by atoms with van der Waals surface area (Å²) in [5.74, 6) is -1.70. The van der Waals surface area contributed by atoms with Crippen molar-refractivity contribution in [1.29, 1.82) is 0 Å². The number of nitrogens with two attached hydrogens (primary N) is 1. The Kier molecular flexibility index (Phi) is 12.5. The second-order valence-corrected chi connectivity index (χ2v) is 13.1. The van der Waals surface area contributed by atoms with Gasteiger partial charge in [0.1, 0.15) is 17.4 Å². The number of carbonyl (C=O) groups excluding carboxylic acids is 5. The number of unbranched alkanes of at least 4 members (excludes halogenated alkanes) is 1. The number of carbonyl (C=O) groups is 5. The van der Waals surface area contributed by atoms with E-state index in [0.717, 1.165) is 10.8 Å². The molecule has 1 aliphatic rings. The van der Waals surface area contributed by atoms with E-state index in [-0.39, 0.29) is 32.0 Å². The van der Waals surface area contributed by atoms with Gasteiger partial charge in [-0.2, -0.15) is 0 Å². The molecule has 4 N–H and O–H groups in total. The van der Waals surface area contributed by atoms with Gasteiger partial charge in [0.25, 0.3) is 5.91 Å². The second-order valence-electron chi connectivity index (χ2n) is 13.1. The molecule has 1 heterocycles. The van der Waals surface area contributed by atoms with Crippen LogP contribution in [0.4, 0.5) is 11.4 Å². The molecule has 50 heavy (non-hydrogen) atoms. The third-order valence-corrected chi connectivity index (χ3v) is 8.27. The molecule has 13 heteroatoms. The maximum Gasteiger partial charge on any atom is 0.337 e. The Morgan fingerprint density at radius 2 is 1.72 bits per heavy atom. The molecule has 268 valence electrons. The molecular weight excluding hydrogens is 642 g/mol. The molecule has 4 rings (SSSR count). The first-order chi connectivity index (χ1) is 23.8. The normalized spacial score (nSPS) is 15.2. The smallest absolute Gasteiger partial charge is 0.337 e. The summed E-state index contributed by atoms with van der Waals surface area (Å²) in [6.45, 7) is 6.95. The van der Waals surface area contributed by atoms with Crippen molar-refractivity contribution in [3.05, 3.63) is 65.7 Å². The molecule has 13 nitrogen and oxygen atoms in total. The molecule has 2 atom stereocenters. The minimum atomic E-state index is -1.15. The molecule has 0 fully saturated rings. The van der Waals surface area contributed by atoms with Gasteiger partial charge in [0.15, 0.2) is 0 Å². The van der Waals surface area contributed by atoms with Crippen molar-refractivity contribution in [3.8, 4) is 5.75 Å². The molecule has 0 aromatic heterocycles. The van der Waals surface area contributed by atoms with E-state index in [2.05, 4.69) is 10.6 Å². The molecule has 3 aromatic rings. The number of amides is 3. The summed E-state index contributed by atoms with van der Waals surface area (Å²) in [5.41, 5.74) is 7.01. The molecule has 0 saturated heterocycles. The Balaban J connectivity index is 1.73. The lowest BCUT2D eigenvalue weighted by molar-refractivity contribution is -0.153. The fourth-order valence-corrected chi connectivity index (χ4v) is 5.78. The summed E-state index contributed by atoms with van der Waals surface area (Å²) in [4.78, 5) is 69.5. The predicted molar refractivity (Wildman–Crippen MR) is 190 cm³/mol. The van der Waals surface area contributed by atoms with Gasteiger partial charge in [-0.3, -0.25) is 24.5 Å². The van der Waals surface area contributed by atoms with E-state index >= 15 is 0 Å². The summed E-state index contributed by atoms with van der Waals surface area (Å²) in [7, 11) is 2.84. The number of anilines is 2. The molecule has 3 aromatic carbocycles. The van der Waals surface area contributed by atoms with Crippen LogP contribution in [0.25, 0.3) is 10.8 Å². The fraction of sp³-hybridized carbons (Fsp3) is 0.432. The van der Waals surface area contributed by atoms with Crippen molar-refractivity contribution < 1.29 is 38.2 Å². The highest BCUT2D eigenvalue weighted by molar-refractivity contribution is 6.08. The third-order valence-electron chi connectivity index (χ3n) is 8.27. The zero-order chi connectivity index (χ0) is 36.6. The lowest BCUT2D eigenvalue weighted by Gasteiger charge is -2.27. The number of hydrogen-bond donors (Lipinski definition) is 3. The molecule has 3 amide bonds. The van der Waals surface area contributed by atoms with Gasteiger partial charge in [0, 0.05) is 12.0 Å². The summed E-state index contributed by atoms with van der Waals surface area (Å²) in [5, 5.41) is 7.16. The average Bonchev–Trinajstić information content (AvgIpc) is 3.20. The molecule has 0 spiro atoms. The van der Waals surface area contributed by atoms with Crippen LogP contribution in [0.1, 0.15) is 62.9 Å². The summed E-state index contributed by atoms with van der Waals surface area (Å²) in [6.07, 6.45) is 1.43. The summed E-state index contributed by atoms with van der Waals surface area (Å²) < 4.78 is 16.0. The second kappa shape index (κ2) is 16.6. The van der Waals surface area contributed by atoms with Crippen LogP contribution in [0, 0.1) is 0 Å². The lowest BCUT2D eigenvalue weighted by Crippen LogP contribution is -2.56. The Bertz CT molecular complexity index is 1740. The number of fused-ring (bicyclic) bond motifs is 2. The van der Waals surface area contributed by atoms with E-state index in [1.165, 1.54) is 24.0 Å². The van der Waals surface area contributed by atoms with Crippen LogP contribution < -0.4 is 30.9 Å². The zero-order valence-electron chi connectivity index (χ0n) is 29.5. The SMILES string of the molecule is COC(=O)c1ccc2c(CN3C(=O)C(NC(=O)C(C)NCC(=O)OC(C)(C)C)CN(C(=O)CCCCN)c4ccccc43)c(OC)ccc2c1. The largest absolute Gasteiger partial charge is 0.496 e. The Morgan fingerprint density at radius 1 is 1.00 bits per heavy atom. The Hall–Kier alpha value is -5.01. The van der Waals surface area contributed by atoms with Crippen LogP contribution >= 0.6 is 0 Å². The van der Waals surface area contributed by atoms with Gasteiger partial charge in [0.2, 0.25) is 11.8 Å². The zero-order valence-corrected chi connectivity index (χ0v) is 29.5. The number of benzene rings is 3. The van der Waals surface area contributed by atoms with E-state index < -0.39 is 41.4 Å². The Labute approximate surface area is 292 Å². The highest BCUT2D eigenvalue weighted by Gasteiger charge is 2.38. The van der Waals surface area contributed by atoms with Crippen molar-refractivity contribution in [2.24, 2.45) is 5.73 Å². The van der Waals surface area contributed by atoms with Crippen LogP contribution in [0.15, 0.2) is 54.6 Å². The first-order valence-corrected chi connectivity index (χ1v) is 16.6. The van der Waals surface area contributed by atoms with Gasteiger partial charge >= 0.3 is 11.9 Å². The van der Waals surface area contributed by atoms with Crippen LogP contribution in [-0.4, -0.2) is 81.2 Å². The standard InChI is InChI=1S/C37H47N5O8/c1-23(39-20-33(44)50-37(2,3)4)34(45)40-28-22-41(32(43)13-9-10-18-38)29-11-7-8-12-30(29)42(35(28)46)21-27-26-16-14-25(36(47)49-6)19-24(26)15-17-31(27)48-5/h7-8,11-12,14-17,19,23,28,39H,9-10,13,18,20-22,38H2,1-6H3,(H,40,45). The van der Waals surface area contributed by atoms with Gasteiger partial charge in [-0.1, -0.05) is 24.3 Å². The van der Waals surface area contributed by atoms with Gasteiger partial charge in [-0.25, -0.2) is 4.79 Å². The van der Waals surface area contributed by atoms with E-state index in [1.54, 1.807) is 76.2 Å². The average molecular weight is 690 g/mol. The molecule has 1 aliphatic heterocycles. The topological polar surface area (TPSA) is 170 Å². The van der Waals surface area contributed by atoms with Crippen molar-refractivity contribution in [2.75, 3.05) is 43.7 Å². The highest BCUT2D eigenvalue weighted by Crippen LogP contribution is 2.37. The lowest BCUT2D eigenvalue weighted by atomic mass is 10.00. The number of ether oxygens (including phenoxy) is 3. The minimum Gasteiger partial charge on any atom is -0.496 e. The summed E-state index contributed by atoms with van der Waals surface area (Å²) in [6, 6.07) is 13.8. The van der Waals surface area contributed by atoms with Crippen LogP contribution in [0.3, 0.4) is 0 Å². The van der Waals surface area contributed by atoms with Crippen molar-refractivity contribution >= 4 is 51.8 Å². The molecule has 2 unspecified atom stereocenters. The number of hydrogen-bond acceptors (Lipinski definition) is 10. The monoisotopic (exact) mass is 689 g/mol. The number of methoxy groups -OCH3 is 2. The van der Waals surface area contributed by atoms with E-state index in [4.69, 9.17) is 19.9 Å². The highest BCUT2D eigenvalue weighted by atomic mass is 16.6. The van der Waals surface area contributed by atoms with E-state index in [0.29, 0.717) is 47.6 Å². The van der Waals surface area contributed by atoms with Crippen molar-refractivity contribution in [1.82, 2.24) is 10.6 Å². The predicted octanol–water partition coefficient (Wildman–Crippen LogP) is 3.45. The third kappa shape index (κ3) is 9.16. The summed E-state index contributed by atoms with van der Waals surface area (Å²) >= 11 is 0. The van der Waals surface area contributed by atoms with Gasteiger partial charge in [-0.05, 0) is 88.2 Å². The number of esters is 2. The van der Waals surface area contributed by atoms with Gasteiger partial charge in [-0.15, -0.1) is 0 Å². The quantitative estimate of drug-likeness (QED) is 0.179.